The van der Waals surface area contributed by atoms with Gasteiger partial charge in [-0.15, -0.1) is 0 Å². The Morgan fingerprint density at radius 1 is 1.15 bits per heavy atom. The lowest BCUT2D eigenvalue weighted by Crippen LogP contribution is -2.28. The molecule has 0 aromatic heterocycles. The van der Waals surface area contributed by atoms with Gasteiger partial charge in [-0.1, -0.05) is 19.1 Å². The summed E-state index contributed by atoms with van der Waals surface area (Å²) in [6, 6.07) is 7.21. The molecule has 0 saturated carbocycles. The summed E-state index contributed by atoms with van der Waals surface area (Å²) < 4.78 is 4.63. The monoisotopic (exact) mass is 278 g/mol. The fourth-order valence-electron chi connectivity index (χ4n) is 1.66. The Bertz CT molecular complexity index is 429. The number of carbonyl (C=O) groups excluding carboxylic acids is 2. The molecule has 0 radical (unpaired) electrons. The number of hydrogen-bond donors (Lipinski definition) is 2. The molecule has 110 valence electrons. The summed E-state index contributed by atoms with van der Waals surface area (Å²) in [5, 5.41) is 6.02. The highest BCUT2D eigenvalue weighted by Crippen LogP contribution is 2.05. The molecular formula is C15H22N2O3. The second-order valence-electron chi connectivity index (χ2n) is 4.47. The van der Waals surface area contributed by atoms with Crippen LogP contribution in [-0.4, -0.2) is 32.1 Å². The van der Waals surface area contributed by atoms with Crippen molar-refractivity contribution in [2.45, 2.75) is 26.3 Å². The molecule has 0 spiro atoms. The number of rotatable bonds is 8. The third-order valence-corrected chi connectivity index (χ3v) is 2.81. The maximum absolute atomic E-state index is 11.4. The first-order valence-corrected chi connectivity index (χ1v) is 6.82. The number of methoxy groups -OCH3 is 1. The molecule has 20 heavy (non-hydrogen) atoms. The highest BCUT2D eigenvalue weighted by atomic mass is 16.5. The minimum Gasteiger partial charge on any atom is -0.465 e. The zero-order chi connectivity index (χ0) is 14.8. The standard InChI is InChI=1S/C15H22N2O3/c1-3-9-17-14(18)8-10-16-11-12-4-6-13(7-5-12)15(19)20-2/h4-7,16H,3,8-11H2,1-2H3,(H,17,18). The number of esters is 1. The van der Waals surface area contributed by atoms with Gasteiger partial charge in [-0.2, -0.15) is 0 Å². The molecule has 2 N–H and O–H groups in total. The Hall–Kier alpha value is -1.88. The fraction of sp³-hybridized carbons (Fsp3) is 0.467. The topological polar surface area (TPSA) is 67.4 Å². The molecule has 0 unspecified atom stereocenters. The van der Waals surface area contributed by atoms with E-state index in [4.69, 9.17) is 0 Å². The number of hydrogen-bond acceptors (Lipinski definition) is 4. The Kier molecular flexibility index (Phi) is 7.35. The summed E-state index contributed by atoms with van der Waals surface area (Å²) >= 11 is 0. The molecule has 1 aromatic rings. The number of nitrogens with one attached hydrogen (secondary N) is 2. The SMILES string of the molecule is CCCNC(=O)CCNCc1ccc(C(=O)OC)cc1. The van der Waals surface area contributed by atoms with Gasteiger partial charge in [0.1, 0.15) is 0 Å². The quantitative estimate of drug-likeness (QED) is 0.558. The minimum absolute atomic E-state index is 0.0698. The summed E-state index contributed by atoms with van der Waals surface area (Å²) in [7, 11) is 1.36. The zero-order valence-corrected chi connectivity index (χ0v) is 12.1. The average Bonchev–Trinajstić information content (AvgIpc) is 2.49. The summed E-state index contributed by atoms with van der Waals surface area (Å²) in [5.41, 5.74) is 1.60. The average molecular weight is 278 g/mol. The molecule has 0 heterocycles. The molecule has 0 bridgehead atoms. The van der Waals surface area contributed by atoms with Crippen LogP contribution in [0.3, 0.4) is 0 Å². The maximum Gasteiger partial charge on any atom is 0.337 e. The van der Waals surface area contributed by atoms with Crippen LogP contribution in [0, 0.1) is 0 Å². The number of carbonyl (C=O) groups is 2. The molecule has 1 amide bonds. The van der Waals surface area contributed by atoms with E-state index in [1.54, 1.807) is 12.1 Å². The van der Waals surface area contributed by atoms with Crippen LogP contribution in [0.25, 0.3) is 0 Å². The van der Waals surface area contributed by atoms with E-state index < -0.39 is 0 Å². The molecule has 0 aliphatic rings. The summed E-state index contributed by atoms with van der Waals surface area (Å²) in [4.78, 5) is 22.6. The van der Waals surface area contributed by atoms with Crippen LogP contribution >= 0.6 is 0 Å². The molecule has 0 atom stereocenters. The summed E-state index contributed by atoms with van der Waals surface area (Å²) in [6.07, 6.45) is 1.42. The van der Waals surface area contributed by atoms with Crippen molar-refractivity contribution in [3.05, 3.63) is 35.4 Å². The highest BCUT2D eigenvalue weighted by Gasteiger charge is 2.04. The van der Waals surface area contributed by atoms with Crippen LogP contribution in [-0.2, 0) is 16.1 Å². The molecule has 0 saturated heterocycles. The molecule has 1 aromatic carbocycles. The lowest BCUT2D eigenvalue weighted by molar-refractivity contribution is -0.120. The Labute approximate surface area is 119 Å². The van der Waals surface area contributed by atoms with Crippen LogP contribution in [0.4, 0.5) is 0 Å². The van der Waals surface area contributed by atoms with E-state index in [0.717, 1.165) is 18.5 Å². The van der Waals surface area contributed by atoms with Crippen molar-refractivity contribution in [2.75, 3.05) is 20.2 Å². The first-order valence-electron chi connectivity index (χ1n) is 6.82. The second kappa shape index (κ2) is 9.09. The van der Waals surface area contributed by atoms with E-state index >= 15 is 0 Å². The second-order valence-corrected chi connectivity index (χ2v) is 4.47. The summed E-state index contributed by atoms with van der Waals surface area (Å²) in [5.74, 6) is -0.266. The smallest absolute Gasteiger partial charge is 0.337 e. The number of amides is 1. The molecular weight excluding hydrogens is 256 g/mol. The lowest BCUT2D eigenvalue weighted by Gasteiger charge is -2.06. The Morgan fingerprint density at radius 2 is 1.85 bits per heavy atom. The van der Waals surface area contributed by atoms with Gasteiger partial charge in [0.15, 0.2) is 0 Å². The molecule has 0 aliphatic carbocycles. The van der Waals surface area contributed by atoms with E-state index in [-0.39, 0.29) is 11.9 Å². The van der Waals surface area contributed by atoms with Gasteiger partial charge in [-0.3, -0.25) is 4.79 Å². The van der Waals surface area contributed by atoms with Crippen molar-refractivity contribution < 1.29 is 14.3 Å². The molecule has 1 rings (SSSR count). The third-order valence-electron chi connectivity index (χ3n) is 2.81. The zero-order valence-electron chi connectivity index (χ0n) is 12.1. The van der Waals surface area contributed by atoms with Gasteiger partial charge < -0.3 is 15.4 Å². The van der Waals surface area contributed by atoms with Crippen LogP contribution in [0.1, 0.15) is 35.7 Å². The van der Waals surface area contributed by atoms with E-state index in [1.807, 2.05) is 19.1 Å². The third kappa shape index (κ3) is 5.84. The van der Waals surface area contributed by atoms with Crippen LogP contribution in [0.2, 0.25) is 0 Å². The molecule has 0 fully saturated rings. The van der Waals surface area contributed by atoms with Crippen molar-refractivity contribution in [1.82, 2.24) is 10.6 Å². The van der Waals surface area contributed by atoms with Crippen molar-refractivity contribution in [3.8, 4) is 0 Å². The highest BCUT2D eigenvalue weighted by molar-refractivity contribution is 5.89. The van der Waals surface area contributed by atoms with Gasteiger partial charge in [-0.25, -0.2) is 4.79 Å². The van der Waals surface area contributed by atoms with Crippen LogP contribution in [0.5, 0.6) is 0 Å². The van der Waals surface area contributed by atoms with Gasteiger partial charge in [0, 0.05) is 26.1 Å². The van der Waals surface area contributed by atoms with E-state index in [0.29, 0.717) is 25.1 Å². The first kappa shape index (κ1) is 16.2. The first-order chi connectivity index (χ1) is 9.67. The Balaban J connectivity index is 2.25. The van der Waals surface area contributed by atoms with Crippen molar-refractivity contribution in [1.29, 1.82) is 0 Å². The van der Waals surface area contributed by atoms with Crippen LogP contribution in [0.15, 0.2) is 24.3 Å². The largest absolute Gasteiger partial charge is 0.465 e. The Morgan fingerprint density at radius 3 is 2.45 bits per heavy atom. The minimum atomic E-state index is -0.336. The predicted molar refractivity (Wildman–Crippen MR) is 77.4 cm³/mol. The molecule has 0 aliphatic heterocycles. The molecule has 5 heteroatoms. The van der Waals surface area contributed by atoms with E-state index in [1.165, 1.54) is 7.11 Å². The van der Waals surface area contributed by atoms with Crippen molar-refractivity contribution in [3.63, 3.8) is 0 Å². The van der Waals surface area contributed by atoms with Gasteiger partial charge in [-0.05, 0) is 24.1 Å². The fourth-order valence-corrected chi connectivity index (χ4v) is 1.66. The maximum atomic E-state index is 11.4. The van der Waals surface area contributed by atoms with Gasteiger partial charge in [0.05, 0.1) is 12.7 Å². The summed E-state index contributed by atoms with van der Waals surface area (Å²) in [6.45, 7) is 4.06. The van der Waals surface area contributed by atoms with E-state index in [9.17, 15) is 9.59 Å². The van der Waals surface area contributed by atoms with Gasteiger partial charge in [0.2, 0.25) is 5.91 Å². The molecule has 5 nitrogen and oxygen atoms in total. The van der Waals surface area contributed by atoms with Crippen molar-refractivity contribution >= 4 is 11.9 Å². The van der Waals surface area contributed by atoms with Gasteiger partial charge in [0.25, 0.3) is 0 Å². The number of benzene rings is 1. The predicted octanol–water partition coefficient (Wildman–Crippen LogP) is 1.48. The van der Waals surface area contributed by atoms with E-state index in [2.05, 4.69) is 15.4 Å². The lowest BCUT2D eigenvalue weighted by atomic mass is 10.1. The number of ether oxygens (including phenoxy) is 1. The van der Waals surface area contributed by atoms with Crippen LogP contribution < -0.4 is 10.6 Å². The normalized spacial score (nSPS) is 10.1. The van der Waals surface area contributed by atoms with Crippen molar-refractivity contribution in [2.24, 2.45) is 0 Å². The van der Waals surface area contributed by atoms with Gasteiger partial charge >= 0.3 is 5.97 Å².